The van der Waals surface area contributed by atoms with Crippen LogP contribution in [0.5, 0.6) is 0 Å². The van der Waals surface area contributed by atoms with Gasteiger partial charge in [0.05, 0.1) is 0 Å². The van der Waals surface area contributed by atoms with Gasteiger partial charge in [-0.3, -0.25) is 0 Å². The highest BCUT2D eigenvalue weighted by Gasteiger charge is 2.26. The lowest BCUT2D eigenvalue weighted by atomic mass is 9.92. The Labute approximate surface area is 286 Å². The molecule has 45 heavy (non-hydrogen) atoms. The summed E-state index contributed by atoms with van der Waals surface area (Å²) in [6.07, 6.45) is 44.1. The van der Waals surface area contributed by atoms with E-state index < -0.39 is 0 Å². The summed E-state index contributed by atoms with van der Waals surface area (Å²) in [5.41, 5.74) is 0. The van der Waals surface area contributed by atoms with Gasteiger partial charge in [-0.2, -0.15) is 0 Å². The lowest BCUT2D eigenvalue weighted by Crippen LogP contribution is -2.36. The average Bonchev–Trinajstić information content (AvgIpc) is 3.00. The molecule has 2 nitrogen and oxygen atoms in total. The molecule has 0 heterocycles. The molecule has 2 heteroatoms. The van der Waals surface area contributed by atoms with Crippen LogP contribution in [-0.2, 0) is 0 Å². The molecule has 0 fully saturated rings. The standard InChI is InChI=1S/C43H88NO/c1-8-10-12-14-16-18-20-22-24-26-28-30-32-34-39(3)36-41(5)44(38-43(7)45)42(6)37-40(4)35-33-31-29-27-25-23-21-19-17-15-13-11-9-2/h38-43,45H,8-37H2,1-7H3/q+1. The third-order valence-electron chi connectivity index (χ3n) is 10.5. The van der Waals surface area contributed by atoms with Crippen LogP contribution in [0.15, 0.2) is 0 Å². The summed E-state index contributed by atoms with van der Waals surface area (Å²) >= 11 is 0. The van der Waals surface area contributed by atoms with Crippen LogP contribution in [0, 0.1) is 11.8 Å². The van der Waals surface area contributed by atoms with Gasteiger partial charge < -0.3 is 5.11 Å². The number of rotatable bonds is 35. The molecule has 1 N–H and O–H groups in total. The zero-order valence-electron chi connectivity index (χ0n) is 32.6. The first kappa shape index (κ1) is 44.6. The van der Waals surface area contributed by atoms with Crippen molar-refractivity contribution in [3.63, 3.8) is 0 Å². The molecule has 0 radical (unpaired) electrons. The van der Waals surface area contributed by atoms with Gasteiger partial charge in [0.15, 0.2) is 6.21 Å². The van der Waals surface area contributed by atoms with Gasteiger partial charge in [0.2, 0.25) is 0 Å². The Morgan fingerprint density at radius 3 is 0.889 bits per heavy atom. The van der Waals surface area contributed by atoms with E-state index in [4.69, 9.17) is 0 Å². The molecular formula is C43H88NO+. The SMILES string of the molecule is CCCCCCCCCCCCCCCC(C)CC(C)[N+](=CC(C)O)C(C)CC(C)CCCCCCCCCCCCCCC. The minimum atomic E-state index is -0.373. The first-order valence-corrected chi connectivity index (χ1v) is 21.1. The van der Waals surface area contributed by atoms with E-state index in [1.165, 1.54) is 193 Å². The summed E-state index contributed by atoms with van der Waals surface area (Å²) in [5.74, 6) is 1.51. The first-order valence-electron chi connectivity index (χ1n) is 21.1. The minimum Gasteiger partial charge on any atom is -0.383 e. The van der Waals surface area contributed by atoms with E-state index >= 15 is 0 Å². The van der Waals surface area contributed by atoms with Crippen molar-refractivity contribution in [2.75, 3.05) is 0 Å². The normalized spacial score (nSPS) is 15.1. The van der Waals surface area contributed by atoms with Gasteiger partial charge in [0.25, 0.3) is 0 Å². The summed E-state index contributed by atoms with van der Waals surface area (Å²) in [7, 11) is 0. The quantitative estimate of drug-likeness (QED) is 0.0418. The summed E-state index contributed by atoms with van der Waals surface area (Å²) in [4.78, 5) is 0. The van der Waals surface area contributed by atoms with Crippen LogP contribution in [0.1, 0.15) is 241 Å². The second kappa shape index (κ2) is 33.5. The monoisotopic (exact) mass is 635 g/mol. The van der Waals surface area contributed by atoms with Gasteiger partial charge >= 0.3 is 0 Å². The molecule has 270 valence electrons. The van der Waals surface area contributed by atoms with Crippen LogP contribution in [0.4, 0.5) is 0 Å². The predicted octanol–water partition coefficient (Wildman–Crippen LogP) is 14.2. The molecule has 0 aromatic rings. The van der Waals surface area contributed by atoms with E-state index in [1.807, 2.05) is 6.92 Å². The molecule has 5 atom stereocenters. The van der Waals surface area contributed by atoms with E-state index in [1.54, 1.807) is 0 Å². The number of aliphatic hydroxyl groups is 1. The van der Waals surface area contributed by atoms with Gasteiger partial charge in [-0.25, -0.2) is 4.58 Å². The Morgan fingerprint density at radius 1 is 0.400 bits per heavy atom. The van der Waals surface area contributed by atoms with Crippen molar-refractivity contribution in [1.29, 1.82) is 0 Å². The zero-order chi connectivity index (χ0) is 33.4. The van der Waals surface area contributed by atoms with Crippen molar-refractivity contribution in [3.05, 3.63) is 0 Å². The summed E-state index contributed by atoms with van der Waals surface area (Å²) in [6, 6.07) is 0.991. The van der Waals surface area contributed by atoms with Crippen molar-refractivity contribution in [2.45, 2.75) is 259 Å². The minimum absolute atomic E-state index is 0.373. The maximum Gasteiger partial charge on any atom is 0.168 e. The summed E-state index contributed by atoms with van der Waals surface area (Å²) < 4.78 is 2.52. The van der Waals surface area contributed by atoms with E-state index in [-0.39, 0.29) is 6.10 Å². The highest BCUT2D eigenvalue weighted by atomic mass is 16.3. The average molecular weight is 635 g/mol. The number of aliphatic hydroxyl groups excluding tert-OH is 1. The van der Waals surface area contributed by atoms with Crippen LogP contribution >= 0.6 is 0 Å². The Morgan fingerprint density at radius 2 is 0.644 bits per heavy atom. The molecule has 0 aliphatic carbocycles. The van der Waals surface area contributed by atoms with Crippen LogP contribution in [0.2, 0.25) is 0 Å². The molecule has 0 aliphatic rings. The van der Waals surface area contributed by atoms with Gasteiger partial charge in [0.1, 0.15) is 18.2 Å². The fourth-order valence-corrected chi connectivity index (χ4v) is 7.64. The molecule has 0 saturated heterocycles. The molecular weight excluding hydrogens is 546 g/mol. The van der Waals surface area contributed by atoms with Crippen LogP contribution in [0.25, 0.3) is 0 Å². The fraction of sp³-hybridized carbons (Fsp3) is 0.977. The topological polar surface area (TPSA) is 23.2 Å². The number of hydrogen-bond acceptors (Lipinski definition) is 1. The Hall–Kier alpha value is -0.370. The predicted molar refractivity (Wildman–Crippen MR) is 205 cm³/mol. The first-order chi connectivity index (χ1) is 21.8. The van der Waals surface area contributed by atoms with Gasteiger partial charge in [0, 0.05) is 12.8 Å². The number of unbranched alkanes of at least 4 members (excludes halogenated alkanes) is 24. The summed E-state index contributed by atoms with van der Waals surface area (Å²) in [6.45, 7) is 16.2. The maximum atomic E-state index is 10.3. The van der Waals surface area contributed by atoms with Crippen LogP contribution in [0.3, 0.4) is 0 Å². The molecule has 0 rings (SSSR count). The van der Waals surface area contributed by atoms with Crippen molar-refractivity contribution in [3.8, 4) is 0 Å². The van der Waals surface area contributed by atoms with Crippen LogP contribution < -0.4 is 0 Å². The highest BCUT2D eigenvalue weighted by Crippen LogP contribution is 2.22. The molecule has 0 saturated carbocycles. The van der Waals surface area contributed by atoms with Crippen molar-refractivity contribution in [1.82, 2.24) is 0 Å². The third kappa shape index (κ3) is 30.7. The van der Waals surface area contributed by atoms with E-state index in [0.717, 1.165) is 11.8 Å². The fourth-order valence-electron chi connectivity index (χ4n) is 7.64. The second-order valence-electron chi connectivity index (χ2n) is 15.8. The lowest BCUT2D eigenvalue weighted by Gasteiger charge is -2.23. The number of nitrogens with zero attached hydrogens (tertiary/aromatic N) is 1. The molecule has 0 bridgehead atoms. The lowest BCUT2D eigenvalue weighted by molar-refractivity contribution is -0.596. The van der Waals surface area contributed by atoms with E-state index in [2.05, 4.69) is 52.3 Å². The zero-order valence-corrected chi connectivity index (χ0v) is 32.6. The van der Waals surface area contributed by atoms with Crippen molar-refractivity contribution < 1.29 is 9.68 Å². The van der Waals surface area contributed by atoms with E-state index in [0.29, 0.717) is 12.1 Å². The maximum absolute atomic E-state index is 10.3. The molecule has 0 amide bonds. The van der Waals surface area contributed by atoms with Gasteiger partial charge in [-0.1, -0.05) is 207 Å². The van der Waals surface area contributed by atoms with Crippen LogP contribution in [-0.4, -0.2) is 34.1 Å². The Kier molecular flexibility index (Phi) is 33.3. The highest BCUT2D eigenvalue weighted by molar-refractivity contribution is 5.56. The van der Waals surface area contributed by atoms with Crippen molar-refractivity contribution >= 4 is 6.21 Å². The second-order valence-corrected chi connectivity index (χ2v) is 15.8. The van der Waals surface area contributed by atoms with E-state index in [9.17, 15) is 5.11 Å². The third-order valence-corrected chi connectivity index (χ3v) is 10.5. The Balaban J connectivity index is 4.03. The molecule has 5 unspecified atom stereocenters. The van der Waals surface area contributed by atoms with Crippen molar-refractivity contribution in [2.24, 2.45) is 11.8 Å². The smallest absolute Gasteiger partial charge is 0.168 e. The molecule has 0 aromatic heterocycles. The number of hydrogen-bond donors (Lipinski definition) is 1. The largest absolute Gasteiger partial charge is 0.383 e. The van der Waals surface area contributed by atoms with Gasteiger partial charge in [-0.15, -0.1) is 0 Å². The van der Waals surface area contributed by atoms with Gasteiger partial charge in [-0.05, 0) is 32.6 Å². The molecule has 0 aliphatic heterocycles. The molecule has 0 aromatic carbocycles. The summed E-state index contributed by atoms with van der Waals surface area (Å²) in [5, 5.41) is 10.3. The Bertz CT molecular complexity index is 567. The molecule has 0 spiro atoms.